The number of fused-ring (bicyclic) bond motifs is 4. The predicted octanol–water partition coefficient (Wildman–Crippen LogP) is 0.463. The van der Waals surface area contributed by atoms with Crippen LogP contribution in [0, 0.1) is 5.92 Å². The minimum Gasteiger partial charge on any atom is -0.368 e. The van der Waals surface area contributed by atoms with Gasteiger partial charge in [0.25, 0.3) is 0 Å². The summed E-state index contributed by atoms with van der Waals surface area (Å²) in [4.78, 5) is 11.1. The molecule has 0 spiro atoms. The number of hydrogen-bond acceptors (Lipinski definition) is 3. The molecule has 3 fully saturated rings. The molecule has 3 unspecified atom stereocenters. The molecular formula is C8H12O3. The van der Waals surface area contributed by atoms with Gasteiger partial charge in [-0.15, -0.1) is 0 Å². The molecule has 0 aromatic carbocycles. The molecule has 0 aromatic heterocycles. The normalized spacial score (nSPS) is 44.1. The van der Waals surface area contributed by atoms with E-state index in [-0.39, 0.29) is 17.8 Å². The molecule has 3 atom stereocenters. The Hall–Kier alpha value is -0.410. The molecule has 11 heavy (non-hydrogen) atoms. The van der Waals surface area contributed by atoms with Gasteiger partial charge in [0.05, 0.1) is 6.10 Å². The predicted molar refractivity (Wildman–Crippen MR) is 37.8 cm³/mol. The minimum absolute atomic E-state index is 0.00347. The summed E-state index contributed by atoms with van der Waals surface area (Å²) >= 11 is 0. The first-order valence-corrected chi connectivity index (χ1v) is 4.11. The van der Waals surface area contributed by atoms with Gasteiger partial charge < -0.3 is 9.84 Å². The van der Waals surface area contributed by atoms with Crippen molar-refractivity contribution in [2.75, 3.05) is 0 Å². The highest BCUT2D eigenvalue weighted by atomic mass is 16.6. The minimum atomic E-state index is -0.680. The molecule has 62 valence electrons. The summed E-state index contributed by atoms with van der Waals surface area (Å²) in [6.45, 7) is 0. The van der Waals surface area contributed by atoms with E-state index in [0.29, 0.717) is 12.8 Å². The van der Waals surface area contributed by atoms with Crippen LogP contribution < -0.4 is 0 Å². The molecule has 1 aliphatic carbocycles. The molecule has 3 heteroatoms. The monoisotopic (exact) mass is 156 g/mol. The van der Waals surface area contributed by atoms with Crippen molar-refractivity contribution in [3.8, 4) is 0 Å². The van der Waals surface area contributed by atoms with E-state index in [1.807, 2.05) is 0 Å². The van der Waals surface area contributed by atoms with Gasteiger partial charge >= 0.3 is 0 Å². The maximum atomic E-state index is 11.1. The van der Waals surface area contributed by atoms with Crippen LogP contribution in [-0.4, -0.2) is 23.3 Å². The number of rotatable bonds is 0. The number of ether oxygens (including phenoxy) is 1. The second-order valence-electron chi connectivity index (χ2n) is 3.43. The largest absolute Gasteiger partial charge is 0.368 e. The molecule has 1 N–H and O–H groups in total. The van der Waals surface area contributed by atoms with Crippen LogP contribution >= 0.6 is 0 Å². The Balaban J connectivity index is 2.16. The van der Waals surface area contributed by atoms with Gasteiger partial charge in [-0.05, 0) is 12.8 Å². The molecule has 0 radical (unpaired) electrons. The highest BCUT2D eigenvalue weighted by molar-refractivity contribution is 5.79. The molecule has 3 aliphatic rings. The summed E-state index contributed by atoms with van der Waals surface area (Å²) in [5.41, 5.74) is 0. The van der Waals surface area contributed by atoms with Crippen molar-refractivity contribution >= 4 is 5.78 Å². The van der Waals surface area contributed by atoms with Gasteiger partial charge in [-0.2, -0.15) is 0 Å². The number of aliphatic hydroxyl groups excluding tert-OH is 1. The van der Waals surface area contributed by atoms with E-state index in [4.69, 9.17) is 4.74 Å². The Morgan fingerprint density at radius 2 is 2.18 bits per heavy atom. The molecule has 2 heterocycles. The Kier molecular flexibility index (Phi) is 1.69. The Bertz CT molecular complexity index is 178. The van der Waals surface area contributed by atoms with Crippen molar-refractivity contribution in [3.05, 3.63) is 0 Å². The summed E-state index contributed by atoms with van der Waals surface area (Å²) in [7, 11) is 0. The number of ketones is 1. The topological polar surface area (TPSA) is 46.5 Å². The zero-order valence-electron chi connectivity index (χ0n) is 6.32. The molecule has 2 aliphatic heterocycles. The number of aliphatic hydroxyl groups is 1. The van der Waals surface area contributed by atoms with E-state index < -0.39 is 6.29 Å². The number of carbonyl (C=O) groups is 1. The Morgan fingerprint density at radius 1 is 1.36 bits per heavy atom. The number of carbonyl (C=O) groups excluding carboxylic acids is 1. The number of hydrogen-bond donors (Lipinski definition) is 1. The van der Waals surface area contributed by atoms with Crippen LogP contribution in [-0.2, 0) is 9.53 Å². The van der Waals surface area contributed by atoms with Gasteiger partial charge in [0.1, 0.15) is 5.78 Å². The van der Waals surface area contributed by atoms with E-state index in [1.54, 1.807) is 0 Å². The van der Waals surface area contributed by atoms with Gasteiger partial charge in [-0.3, -0.25) is 4.79 Å². The fourth-order valence-electron chi connectivity index (χ4n) is 1.90. The van der Waals surface area contributed by atoms with E-state index in [2.05, 4.69) is 0 Å². The maximum absolute atomic E-state index is 11.1. The highest BCUT2D eigenvalue weighted by Crippen LogP contribution is 2.32. The standard InChI is InChI=1S/C8H12O3/c9-6-3-5-1-2-7(4-6)11-8(5)10/h5,7-8,10H,1-4H2. The fraction of sp³-hybridized carbons (Fsp3) is 0.875. The van der Waals surface area contributed by atoms with Gasteiger partial charge in [0, 0.05) is 18.8 Å². The first kappa shape index (κ1) is 7.25. The third-order valence-corrected chi connectivity index (χ3v) is 2.54. The van der Waals surface area contributed by atoms with Crippen molar-refractivity contribution in [1.82, 2.24) is 0 Å². The highest BCUT2D eigenvalue weighted by Gasteiger charge is 2.36. The maximum Gasteiger partial charge on any atom is 0.158 e. The molecule has 0 aromatic rings. The molecular weight excluding hydrogens is 144 g/mol. The molecule has 3 nitrogen and oxygen atoms in total. The van der Waals surface area contributed by atoms with Crippen LogP contribution in [0.15, 0.2) is 0 Å². The van der Waals surface area contributed by atoms with Crippen molar-refractivity contribution in [3.63, 3.8) is 0 Å². The zero-order valence-corrected chi connectivity index (χ0v) is 6.32. The molecule has 0 amide bonds. The van der Waals surface area contributed by atoms with E-state index >= 15 is 0 Å². The quantitative estimate of drug-likeness (QED) is 0.554. The molecule has 2 bridgehead atoms. The number of Topliss-reactive ketones (excluding diaryl/α,β-unsaturated/α-hetero) is 1. The third-order valence-electron chi connectivity index (χ3n) is 2.54. The van der Waals surface area contributed by atoms with Gasteiger partial charge in [0.15, 0.2) is 6.29 Å². The first-order valence-electron chi connectivity index (χ1n) is 4.11. The van der Waals surface area contributed by atoms with Crippen LogP contribution in [0.5, 0.6) is 0 Å². The van der Waals surface area contributed by atoms with Crippen LogP contribution in [0.25, 0.3) is 0 Å². The lowest BCUT2D eigenvalue weighted by atomic mass is 9.98. The first-order chi connectivity index (χ1) is 5.25. The summed E-state index contributed by atoms with van der Waals surface area (Å²) < 4.78 is 5.22. The molecule has 2 saturated heterocycles. The van der Waals surface area contributed by atoms with Crippen molar-refractivity contribution in [2.24, 2.45) is 5.92 Å². The van der Waals surface area contributed by atoms with Crippen molar-refractivity contribution in [1.29, 1.82) is 0 Å². The van der Waals surface area contributed by atoms with E-state index in [1.165, 1.54) is 0 Å². The SMILES string of the molecule is O=C1CC2CCC(C1)C(O)O2. The van der Waals surface area contributed by atoms with Gasteiger partial charge in [-0.25, -0.2) is 0 Å². The summed E-state index contributed by atoms with van der Waals surface area (Å²) in [5, 5.41) is 9.32. The average molecular weight is 156 g/mol. The fourth-order valence-corrected chi connectivity index (χ4v) is 1.90. The van der Waals surface area contributed by atoms with Gasteiger partial charge in [-0.1, -0.05) is 0 Å². The summed E-state index contributed by atoms with van der Waals surface area (Å²) in [6, 6.07) is 0. The lowest BCUT2D eigenvalue weighted by molar-refractivity contribution is -0.184. The van der Waals surface area contributed by atoms with Crippen molar-refractivity contribution in [2.45, 2.75) is 38.1 Å². The summed E-state index contributed by atoms with van der Waals surface area (Å²) in [5.74, 6) is 0.315. The lowest BCUT2D eigenvalue weighted by Crippen LogP contribution is -2.31. The molecule has 1 saturated carbocycles. The third kappa shape index (κ3) is 1.30. The average Bonchev–Trinajstić information content (AvgIpc) is 2.16. The zero-order chi connectivity index (χ0) is 7.84. The summed E-state index contributed by atoms with van der Waals surface area (Å²) in [6.07, 6.45) is 2.22. The Morgan fingerprint density at radius 3 is 2.91 bits per heavy atom. The van der Waals surface area contributed by atoms with Crippen LogP contribution in [0.4, 0.5) is 0 Å². The van der Waals surface area contributed by atoms with Crippen LogP contribution in [0.2, 0.25) is 0 Å². The lowest BCUT2D eigenvalue weighted by Gasteiger charge is -2.28. The van der Waals surface area contributed by atoms with Crippen molar-refractivity contribution < 1.29 is 14.6 Å². The molecule has 3 rings (SSSR count). The van der Waals surface area contributed by atoms with Crippen LogP contribution in [0.1, 0.15) is 25.7 Å². The van der Waals surface area contributed by atoms with E-state index in [0.717, 1.165) is 12.8 Å². The van der Waals surface area contributed by atoms with E-state index in [9.17, 15) is 9.90 Å². The smallest absolute Gasteiger partial charge is 0.158 e. The van der Waals surface area contributed by atoms with Crippen LogP contribution in [0.3, 0.4) is 0 Å². The second-order valence-corrected chi connectivity index (χ2v) is 3.43. The second kappa shape index (κ2) is 2.57. The Labute approximate surface area is 65.4 Å². The van der Waals surface area contributed by atoms with Gasteiger partial charge in [0.2, 0.25) is 0 Å².